The van der Waals surface area contributed by atoms with E-state index < -0.39 is 23.6 Å². The summed E-state index contributed by atoms with van der Waals surface area (Å²) in [6.45, 7) is 4.93. The van der Waals surface area contributed by atoms with Crippen molar-refractivity contribution in [3.05, 3.63) is 65.5 Å². The van der Waals surface area contributed by atoms with E-state index in [9.17, 15) is 22.4 Å². The summed E-state index contributed by atoms with van der Waals surface area (Å²) < 4.78 is 52.5. The van der Waals surface area contributed by atoms with Crippen LogP contribution in [0.15, 0.2) is 48.5 Å². The van der Waals surface area contributed by atoms with E-state index in [0.717, 1.165) is 58.1 Å². The molecule has 0 aromatic heterocycles. The van der Waals surface area contributed by atoms with Crippen LogP contribution in [0, 0.1) is 29.0 Å². The first-order valence-electron chi connectivity index (χ1n) is 12.6. The van der Waals surface area contributed by atoms with E-state index in [4.69, 9.17) is 5.26 Å². The number of piperazine rings is 1. The van der Waals surface area contributed by atoms with Gasteiger partial charge < -0.3 is 15.5 Å². The first kappa shape index (κ1) is 26.9. The Bertz CT molecular complexity index is 1100. The average Bonchev–Trinajstić information content (AvgIpc) is 3.57. The number of carbonyl (C=O) groups excluding carboxylic acids is 1. The predicted octanol–water partition coefficient (Wildman–Crippen LogP) is 4.94. The van der Waals surface area contributed by atoms with Crippen molar-refractivity contribution in [3.8, 4) is 6.07 Å². The molecule has 2 aromatic rings. The van der Waals surface area contributed by atoms with E-state index >= 15 is 0 Å². The SMILES string of the molecule is N#Cc1ccccc1.O=C(Nc1ccc(F)c(C(F)(F)F)c1)N(CCN1CCNCC1)C1CCC2CC21. The molecule has 1 saturated heterocycles. The maximum Gasteiger partial charge on any atom is 0.419 e. The van der Waals surface area contributed by atoms with Crippen LogP contribution in [0.1, 0.15) is 30.4 Å². The summed E-state index contributed by atoms with van der Waals surface area (Å²) in [7, 11) is 0. The minimum Gasteiger partial charge on any atom is -0.320 e. The smallest absolute Gasteiger partial charge is 0.320 e. The van der Waals surface area contributed by atoms with E-state index in [2.05, 4.69) is 15.5 Å². The van der Waals surface area contributed by atoms with Crippen molar-refractivity contribution < 1.29 is 22.4 Å². The molecule has 0 spiro atoms. The molecule has 2 N–H and O–H groups in total. The van der Waals surface area contributed by atoms with Crippen LogP contribution in [0.2, 0.25) is 0 Å². The Morgan fingerprint density at radius 2 is 1.86 bits per heavy atom. The fourth-order valence-electron chi connectivity index (χ4n) is 5.19. The molecule has 6 nitrogen and oxygen atoms in total. The number of anilines is 1. The Morgan fingerprint density at radius 1 is 1.14 bits per heavy atom. The van der Waals surface area contributed by atoms with Crippen molar-refractivity contribution >= 4 is 11.7 Å². The topological polar surface area (TPSA) is 71.4 Å². The van der Waals surface area contributed by atoms with Crippen molar-refractivity contribution in [3.63, 3.8) is 0 Å². The van der Waals surface area contributed by atoms with Gasteiger partial charge in [0.1, 0.15) is 5.82 Å². The number of rotatable bonds is 5. The number of nitrogens with one attached hydrogen (secondary N) is 2. The van der Waals surface area contributed by atoms with Crippen LogP contribution in [0.3, 0.4) is 0 Å². The Kier molecular flexibility index (Phi) is 8.67. The second-order valence-electron chi connectivity index (χ2n) is 9.69. The predicted molar refractivity (Wildman–Crippen MR) is 132 cm³/mol. The number of carbonyl (C=O) groups is 1. The fraction of sp³-hybridized carbons (Fsp3) is 0.481. The second kappa shape index (κ2) is 11.9. The highest BCUT2D eigenvalue weighted by Crippen LogP contribution is 2.53. The lowest BCUT2D eigenvalue weighted by atomic mass is 10.1. The molecule has 1 aliphatic heterocycles. The van der Waals surface area contributed by atoms with Crippen LogP contribution in [0.25, 0.3) is 0 Å². The molecule has 0 bridgehead atoms. The Morgan fingerprint density at radius 3 is 2.43 bits per heavy atom. The molecule has 3 aliphatic rings. The molecule has 2 aliphatic carbocycles. The molecule has 2 amide bonds. The van der Waals surface area contributed by atoms with Gasteiger partial charge in [-0.05, 0) is 61.4 Å². The molecule has 5 rings (SSSR count). The summed E-state index contributed by atoms with van der Waals surface area (Å²) in [6, 6.07) is 13.5. The summed E-state index contributed by atoms with van der Waals surface area (Å²) in [5, 5.41) is 14.2. The highest BCUT2D eigenvalue weighted by molar-refractivity contribution is 5.89. The molecule has 198 valence electrons. The molecule has 37 heavy (non-hydrogen) atoms. The highest BCUT2D eigenvalue weighted by atomic mass is 19.4. The van der Waals surface area contributed by atoms with Gasteiger partial charge in [-0.25, -0.2) is 9.18 Å². The summed E-state index contributed by atoms with van der Waals surface area (Å²) in [5.41, 5.74) is -0.695. The number of urea groups is 1. The van der Waals surface area contributed by atoms with Gasteiger partial charge in [0.2, 0.25) is 0 Å². The standard InChI is InChI=1S/C20H26F4N4O.C7H5N/c21-17-3-2-14(12-16(17)20(22,23)24)26-19(29)28(18-4-1-13-11-15(13)18)10-9-27-7-5-25-6-8-27;8-6-7-4-2-1-3-5-7/h2-3,12-13,15,18,25H,1,4-11H2,(H,26,29);1-5H. The van der Waals surface area contributed by atoms with Gasteiger partial charge in [0.15, 0.2) is 0 Å². The fourth-order valence-corrected chi connectivity index (χ4v) is 5.19. The third kappa shape index (κ3) is 7.21. The van der Waals surface area contributed by atoms with Crippen LogP contribution in [0.4, 0.5) is 28.0 Å². The van der Waals surface area contributed by atoms with E-state index in [0.29, 0.717) is 30.0 Å². The zero-order valence-corrected chi connectivity index (χ0v) is 20.5. The van der Waals surface area contributed by atoms with Gasteiger partial charge in [-0.1, -0.05) is 18.2 Å². The van der Waals surface area contributed by atoms with Gasteiger partial charge in [0.25, 0.3) is 0 Å². The van der Waals surface area contributed by atoms with Gasteiger partial charge in [-0.15, -0.1) is 0 Å². The second-order valence-corrected chi connectivity index (χ2v) is 9.69. The molecule has 1 heterocycles. The summed E-state index contributed by atoms with van der Waals surface area (Å²) >= 11 is 0. The minimum atomic E-state index is -4.81. The van der Waals surface area contributed by atoms with Crippen molar-refractivity contribution in [2.45, 2.75) is 31.5 Å². The maximum atomic E-state index is 13.5. The van der Waals surface area contributed by atoms with Crippen LogP contribution < -0.4 is 10.6 Å². The Hall–Kier alpha value is -3.16. The monoisotopic (exact) mass is 517 g/mol. The molecule has 3 fully saturated rings. The Balaban J connectivity index is 0.000000342. The van der Waals surface area contributed by atoms with Crippen molar-refractivity contribution in [2.75, 3.05) is 44.6 Å². The number of alkyl halides is 3. The molecule has 2 saturated carbocycles. The molecule has 10 heteroatoms. The van der Waals surface area contributed by atoms with Gasteiger partial charge in [-0.3, -0.25) is 4.90 Å². The van der Waals surface area contributed by atoms with Crippen LogP contribution >= 0.6 is 0 Å². The average molecular weight is 518 g/mol. The molecule has 0 radical (unpaired) electrons. The van der Waals surface area contributed by atoms with Crippen molar-refractivity contribution in [1.29, 1.82) is 5.26 Å². The third-order valence-electron chi connectivity index (χ3n) is 7.26. The van der Waals surface area contributed by atoms with E-state index in [1.54, 1.807) is 17.0 Å². The zero-order valence-electron chi connectivity index (χ0n) is 20.5. The normalized spacial score (nSPS) is 22.7. The lowest BCUT2D eigenvalue weighted by Gasteiger charge is -2.34. The van der Waals surface area contributed by atoms with Crippen molar-refractivity contribution in [1.82, 2.24) is 15.1 Å². The maximum absolute atomic E-state index is 13.5. The summed E-state index contributed by atoms with van der Waals surface area (Å²) in [6.07, 6.45) is -1.65. The van der Waals surface area contributed by atoms with Crippen molar-refractivity contribution in [2.24, 2.45) is 11.8 Å². The van der Waals surface area contributed by atoms with E-state index in [-0.39, 0.29) is 11.7 Å². The van der Waals surface area contributed by atoms with Gasteiger partial charge in [0.05, 0.1) is 17.2 Å². The quantitative estimate of drug-likeness (QED) is 0.552. The van der Waals surface area contributed by atoms with Crippen LogP contribution in [-0.2, 0) is 6.18 Å². The molecule has 3 atom stereocenters. The van der Waals surface area contributed by atoms with E-state index in [1.807, 2.05) is 24.3 Å². The van der Waals surface area contributed by atoms with E-state index in [1.165, 1.54) is 6.07 Å². The third-order valence-corrected chi connectivity index (χ3v) is 7.26. The molecular formula is C27H31F4N5O. The first-order chi connectivity index (χ1) is 17.8. The highest BCUT2D eigenvalue weighted by Gasteiger charge is 2.51. The van der Waals surface area contributed by atoms with Gasteiger partial charge >= 0.3 is 12.2 Å². The number of amides is 2. The van der Waals surface area contributed by atoms with Gasteiger partial charge in [0, 0.05) is 51.0 Å². The number of nitriles is 1. The lowest BCUT2D eigenvalue weighted by Crippen LogP contribution is -2.50. The number of benzene rings is 2. The Labute approximate surface area is 214 Å². The number of nitrogens with zero attached hydrogens (tertiary/aromatic N) is 3. The van der Waals surface area contributed by atoms with Crippen LogP contribution in [0.5, 0.6) is 0 Å². The first-order valence-corrected chi connectivity index (χ1v) is 12.6. The number of fused-ring (bicyclic) bond motifs is 1. The largest absolute Gasteiger partial charge is 0.419 e. The number of hydrogen-bond donors (Lipinski definition) is 2. The number of hydrogen-bond acceptors (Lipinski definition) is 4. The van der Waals surface area contributed by atoms with Gasteiger partial charge in [-0.2, -0.15) is 18.4 Å². The zero-order chi connectivity index (χ0) is 26.4. The van der Waals surface area contributed by atoms with Crippen LogP contribution in [-0.4, -0.2) is 61.1 Å². The minimum absolute atomic E-state index is 0.0405. The summed E-state index contributed by atoms with van der Waals surface area (Å²) in [4.78, 5) is 17.1. The lowest BCUT2D eigenvalue weighted by molar-refractivity contribution is -0.139. The molecular weight excluding hydrogens is 486 g/mol. The summed E-state index contributed by atoms with van der Waals surface area (Å²) in [5.74, 6) is -0.164. The number of halogens is 4. The molecule has 3 unspecified atom stereocenters. The molecule has 2 aromatic carbocycles.